The van der Waals surface area contributed by atoms with Gasteiger partial charge in [-0.25, -0.2) is 0 Å². The first kappa shape index (κ1) is 17.2. The molecule has 0 saturated carbocycles. The zero-order chi connectivity index (χ0) is 16.7. The fourth-order valence-corrected chi connectivity index (χ4v) is 2.49. The molecule has 1 unspecified atom stereocenters. The molecule has 0 aliphatic carbocycles. The summed E-state index contributed by atoms with van der Waals surface area (Å²) in [5.74, 6) is -0.0286. The summed E-state index contributed by atoms with van der Waals surface area (Å²) in [5.41, 5.74) is 7.88. The van der Waals surface area contributed by atoms with Gasteiger partial charge in [0.2, 0.25) is 5.91 Å². The lowest BCUT2D eigenvalue weighted by Crippen LogP contribution is -2.23. The number of amides is 1. The number of hydrogen-bond donors (Lipinski definition) is 3. The van der Waals surface area contributed by atoms with Crippen molar-refractivity contribution in [1.29, 1.82) is 0 Å². The average Bonchev–Trinajstić information content (AvgIpc) is 2.59. The van der Waals surface area contributed by atoms with E-state index >= 15 is 0 Å². The molecule has 0 aliphatic rings. The zero-order valence-corrected chi connectivity index (χ0v) is 13.4. The largest absolute Gasteiger partial charge is 0.387 e. The minimum Gasteiger partial charge on any atom is -0.387 e. The predicted molar refractivity (Wildman–Crippen MR) is 92.3 cm³/mol. The summed E-state index contributed by atoms with van der Waals surface area (Å²) >= 11 is 0. The van der Waals surface area contributed by atoms with E-state index in [1.165, 1.54) is 5.56 Å². The van der Waals surface area contributed by atoms with Crippen LogP contribution in [0.25, 0.3) is 0 Å². The molecule has 4 N–H and O–H groups in total. The lowest BCUT2D eigenvalue weighted by molar-refractivity contribution is 0.1000. The van der Waals surface area contributed by atoms with Crippen LogP contribution in [0.1, 0.15) is 46.9 Å². The van der Waals surface area contributed by atoms with Crippen LogP contribution in [0.4, 0.5) is 0 Å². The summed E-state index contributed by atoms with van der Waals surface area (Å²) in [5, 5.41) is 13.4. The minimum absolute atomic E-state index is 0.373. The van der Waals surface area contributed by atoms with E-state index in [1.54, 1.807) is 12.1 Å². The average molecular weight is 312 g/mol. The Bertz CT molecular complexity index is 611. The summed E-state index contributed by atoms with van der Waals surface area (Å²) in [4.78, 5) is 11.1. The summed E-state index contributed by atoms with van der Waals surface area (Å²) in [7, 11) is 0. The molecule has 2 atom stereocenters. The Balaban J connectivity index is 1.74. The first-order valence-electron chi connectivity index (χ1n) is 7.91. The van der Waals surface area contributed by atoms with Gasteiger partial charge in [-0.2, -0.15) is 0 Å². The molecule has 4 heteroatoms. The van der Waals surface area contributed by atoms with Gasteiger partial charge in [0.05, 0.1) is 6.10 Å². The lowest BCUT2D eigenvalue weighted by atomic mass is 9.96. The highest BCUT2D eigenvalue weighted by Gasteiger charge is 2.09. The van der Waals surface area contributed by atoms with Crippen molar-refractivity contribution >= 4 is 5.91 Å². The monoisotopic (exact) mass is 312 g/mol. The Labute approximate surface area is 137 Å². The van der Waals surface area contributed by atoms with Crippen LogP contribution in [0.3, 0.4) is 0 Å². The number of benzene rings is 2. The molecule has 0 heterocycles. The smallest absolute Gasteiger partial charge is 0.248 e. The molecule has 0 aromatic heterocycles. The Kier molecular flexibility index (Phi) is 6.32. The Morgan fingerprint density at radius 2 is 1.74 bits per heavy atom. The van der Waals surface area contributed by atoms with Crippen molar-refractivity contribution in [3.05, 3.63) is 71.3 Å². The number of nitrogens with two attached hydrogens (primary N) is 1. The van der Waals surface area contributed by atoms with Gasteiger partial charge < -0.3 is 16.2 Å². The van der Waals surface area contributed by atoms with Crippen molar-refractivity contribution in [2.45, 2.75) is 25.4 Å². The number of hydrogen-bond acceptors (Lipinski definition) is 3. The highest BCUT2D eigenvalue weighted by molar-refractivity contribution is 5.92. The van der Waals surface area contributed by atoms with Crippen LogP contribution < -0.4 is 11.1 Å². The third-order valence-electron chi connectivity index (χ3n) is 4.04. The molecule has 122 valence electrons. The van der Waals surface area contributed by atoms with Crippen LogP contribution in [0, 0.1) is 0 Å². The van der Waals surface area contributed by atoms with E-state index in [0.29, 0.717) is 18.0 Å². The second-order valence-electron chi connectivity index (χ2n) is 5.81. The number of primary amides is 1. The second kappa shape index (κ2) is 8.46. The molecular weight excluding hydrogens is 288 g/mol. The molecule has 0 bridgehead atoms. The molecule has 0 aliphatic heterocycles. The van der Waals surface area contributed by atoms with Crippen LogP contribution in [0.15, 0.2) is 54.6 Å². The second-order valence-corrected chi connectivity index (χ2v) is 5.81. The van der Waals surface area contributed by atoms with Gasteiger partial charge in [-0.1, -0.05) is 49.4 Å². The van der Waals surface area contributed by atoms with Crippen LogP contribution in [0.2, 0.25) is 0 Å². The van der Waals surface area contributed by atoms with E-state index in [4.69, 9.17) is 5.73 Å². The van der Waals surface area contributed by atoms with Crippen molar-refractivity contribution in [1.82, 2.24) is 5.32 Å². The summed E-state index contributed by atoms with van der Waals surface area (Å²) in [6.45, 7) is 3.51. The quantitative estimate of drug-likeness (QED) is 0.656. The van der Waals surface area contributed by atoms with Crippen LogP contribution in [0.5, 0.6) is 0 Å². The maximum Gasteiger partial charge on any atom is 0.248 e. The van der Waals surface area contributed by atoms with Crippen LogP contribution in [-0.4, -0.2) is 24.1 Å². The molecule has 2 aromatic carbocycles. The third kappa shape index (κ3) is 5.20. The Hall–Kier alpha value is -2.17. The fourth-order valence-electron chi connectivity index (χ4n) is 2.49. The van der Waals surface area contributed by atoms with Gasteiger partial charge in [-0.3, -0.25) is 4.79 Å². The molecule has 0 radical (unpaired) electrons. The van der Waals surface area contributed by atoms with E-state index in [0.717, 1.165) is 18.5 Å². The van der Waals surface area contributed by atoms with Crippen LogP contribution >= 0.6 is 0 Å². The molecule has 2 rings (SSSR count). The first-order valence-corrected chi connectivity index (χ1v) is 7.91. The maximum atomic E-state index is 11.1. The van der Waals surface area contributed by atoms with Gasteiger partial charge in [0, 0.05) is 12.1 Å². The van der Waals surface area contributed by atoms with E-state index in [-0.39, 0.29) is 0 Å². The molecule has 2 aromatic rings. The standard InChI is InChI=1S/C19H24N2O2/c1-14(15-7-9-17(10-8-15)19(20)23)11-12-21-13-18(22)16-5-3-2-4-6-16/h2-10,14,18,21-22H,11-13H2,1H3,(H2,20,23)/t14-,18?/m1/s1. The highest BCUT2D eigenvalue weighted by Crippen LogP contribution is 2.19. The molecule has 1 amide bonds. The molecular formula is C19H24N2O2. The van der Waals surface area contributed by atoms with Gasteiger partial charge in [-0.15, -0.1) is 0 Å². The van der Waals surface area contributed by atoms with Crippen molar-refractivity contribution < 1.29 is 9.90 Å². The van der Waals surface area contributed by atoms with E-state index < -0.39 is 12.0 Å². The number of rotatable bonds is 8. The molecule has 23 heavy (non-hydrogen) atoms. The van der Waals surface area contributed by atoms with Gasteiger partial charge in [0.25, 0.3) is 0 Å². The number of nitrogens with one attached hydrogen (secondary N) is 1. The van der Waals surface area contributed by atoms with Gasteiger partial charge in [0.15, 0.2) is 0 Å². The zero-order valence-electron chi connectivity index (χ0n) is 13.4. The minimum atomic E-state index is -0.485. The van der Waals surface area contributed by atoms with Gasteiger partial charge in [0.1, 0.15) is 0 Å². The SMILES string of the molecule is C[C@H](CCNCC(O)c1ccccc1)c1ccc(C(N)=O)cc1. The molecule has 0 spiro atoms. The van der Waals surface area contributed by atoms with E-state index in [2.05, 4.69) is 12.2 Å². The maximum absolute atomic E-state index is 11.1. The van der Waals surface area contributed by atoms with Gasteiger partial charge in [-0.05, 0) is 42.1 Å². The molecule has 0 fully saturated rings. The lowest BCUT2D eigenvalue weighted by Gasteiger charge is -2.15. The molecule has 0 saturated heterocycles. The predicted octanol–water partition coefficient (Wildman–Crippen LogP) is 2.60. The van der Waals surface area contributed by atoms with E-state index in [9.17, 15) is 9.90 Å². The number of aliphatic hydroxyl groups excluding tert-OH is 1. The number of carbonyl (C=O) groups excluding carboxylic acids is 1. The van der Waals surface area contributed by atoms with Gasteiger partial charge >= 0.3 is 0 Å². The van der Waals surface area contributed by atoms with E-state index in [1.807, 2.05) is 42.5 Å². The van der Waals surface area contributed by atoms with Crippen molar-refractivity contribution in [2.24, 2.45) is 5.73 Å². The summed E-state index contributed by atoms with van der Waals surface area (Å²) in [6, 6.07) is 17.1. The number of aliphatic hydroxyl groups is 1. The summed E-state index contributed by atoms with van der Waals surface area (Å²) < 4.78 is 0. The highest BCUT2D eigenvalue weighted by atomic mass is 16.3. The fraction of sp³-hybridized carbons (Fsp3) is 0.316. The van der Waals surface area contributed by atoms with Crippen molar-refractivity contribution in [3.8, 4) is 0 Å². The molecule has 4 nitrogen and oxygen atoms in total. The number of carbonyl (C=O) groups is 1. The van der Waals surface area contributed by atoms with Crippen LogP contribution in [-0.2, 0) is 0 Å². The topological polar surface area (TPSA) is 75.3 Å². The summed E-state index contributed by atoms with van der Waals surface area (Å²) in [6.07, 6.45) is 0.471. The Morgan fingerprint density at radius 3 is 2.35 bits per heavy atom. The normalized spacial score (nSPS) is 13.5. The third-order valence-corrected chi connectivity index (χ3v) is 4.04. The van der Waals surface area contributed by atoms with Crippen molar-refractivity contribution in [3.63, 3.8) is 0 Å². The van der Waals surface area contributed by atoms with Crippen molar-refractivity contribution in [2.75, 3.05) is 13.1 Å². The Morgan fingerprint density at radius 1 is 1.09 bits per heavy atom. The first-order chi connectivity index (χ1) is 11.1.